The molecule has 1 saturated carbocycles. The van der Waals surface area contributed by atoms with E-state index in [1.807, 2.05) is 20.8 Å². The van der Waals surface area contributed by atoms with Crippen LogP contribution < -0.4 is 5.32 Å². The number of hydrogen-bond acceptors (Lipinski definition) is 3. The second-order valence-corrected chi connectivity index (χ2v) is 6.19. The van der Waals surface area contributed by atoms with Gasteiger partial charge in [-0.05, 0) is 25.1 Å². The van der Waals surface area contributed by atoms with Crippen LogP contribution in [0.5, 0.6) is 0 Å². The summed E-state index contributed by atoms with van der Waals surface area (Å²) < 4.78 is 32.5. The van der Waals surface area contributed by atoms with Gasteiger partial charge in [-0.1, -0.05) is 13.8 Å². The molecule has 0 aliphatic heterocycles. The summed E-state index contributed by atoms with van der Waals surface area (Å²) in [5, 5.41) is 12.4. The van der Waals surface area contributed by atoms with E-state index < -0.39 is 28.5 Å². The fraction of sp³-hybridized carbons (Fsp3) is 0.562. The monoisotopic (exact) mass is 313 g/mol. The lowest BCUT2D eigenvalue weighted by atomic mass is 9.54. The first-order valence-corrected chi connectivity index (χ1v) is 7.27. The Morgan fingerprint density at radius 2 is 2.14 bits per heavy atom. The molecule has 4 nitrogen and oxygen atoms in total. The number of benzene rings is 1. The first-order valence-electron chi connectivity index (χ1n) is 7.27. The zero-order valence-electron chi connectivity index (χ0n) is 13.0. The second kappa shape index (κ2) is 5.93. The molecule has 22 heavy (non-hydrogen) atoms. The number of aliphatic hydroxyl groups is 1. The van der Waals surface area contributed by atoms with Gasteiger partial charge in [0.2, 0.25) is 0 Å². The molecule has 1 aromatic rings. The van der Waals surface area contributed by atoms with Crippen molar-refractivity contribution in [1.82, 2.24) is 5.32 Å². The average Bonchev–Trinajstić information content (AvgIpc) is 2.48. The van der Waals surface area contributed by atoms with E-state index in [-0.39, 0.29) is 18.3 Å². The molecule has 1 amide bonds. The smallest absolute Gasteiger partial charge is 0.254 e. The Labute approximate surface area is 128 Å². The fourth-order valence-electron chi connectivity index (χ4n) is 2.96. The third kappa shape index (κ3) is 2.61. The first-order chi connectivity index (χ1) is 10.3. The summed E-state index contributed by atoms with van der Waals surface area (Å²) in [5.41, 5.74) is -1.80. The molecule has 0 aromatic heterocycles. The molecule has 0 spiro atoms. The van der Waals surface area contributed by atoms with E-state index in [1.54, 1.807) is 0 Å². The molecule has 0 saturated heterocycles. The standard InChI is InChI=1S/C16H21F2NO3/c1-4-22-13-8-16(9-20,15(13,2)3)19-14(21)11-7-10(17)5-6-12(11)18/h5-7,13,20H,4,8-9H2,1-3H3,(H,19,21)/t13-,16-/m1/s1. The summed E-state index contributed by atoms with van der Waals surface area (Å²) in [6, 6.07) is 2.71. The Morgan fingerprint density at radius 3 is 2.68 bits per heavy atom. The van der Waals surface area contributed by atoms with Crippen molar-refractivity contribution in [2.45, 2.75) is 38.8 Å². The highest BCUT2D eigenvalue weighted by Crippen LogP contribution is 2.51. The van der Waals surface area contributed by atoms with Crippen LogP contribution in [0.1, 0.15) is 37.6 Å². The molecule has 2 rings (SSSR count). The SMILES string of the molecule is CCO[C@@H]1C[C@](CO)(NC(=O)c2cc(F)ccc2F)C1(C)C. The van der Waals surface area contributed by atoms with Crippen LogP contribution in [-0.4, -0.2) is 35.9 Å². The molecule has 0 bridgehead atoms. The molecule has 0 unspecified atom stereocenters. The molecule has 122 valence electrons. The van der Waals surface area contributed by atoms with E-state index in [9.17, 15) is 18.7 Å². The molecule has 0 radical (unpaired) electrons. The molecular weight excluding hydrogens is 292 g/mol. The number of carbonyl (C=O) groups excluding carboxylic acids is 1. The maximum Gasteiger partial charge on any atom is 0.254 e. The maximum absolute atomic E-state index is 13.7. The van der Waals surface area contributed by atoms with Gasteiger partial charge in [-0.15, -0.1) is 0 Å². The number of carbonyl (C=O) groups is 1. The lowest BCUT2D eigenvalue weighted by Gasteiger charge is -2.60. The van der Waals surface area contributed by atoms with E-state index in [2.05, 4.69) is 5.32 Å². The topological polar surface area (TPSA) is 58.6 Å². The summed E-state index contributed by atoms with van der Waals surface area (Å²) in [6.07, 6.45) is 0.315. The number of nitrogens with one attached hydrogen (secondary N) is 1. The van der Waals surface area contributed by atoms with Crippen LogP contribution in [0.4, 0.5) is 8.78 Å². The number of ether oxygens (including phenoxy) is 1. The highest BCUT2D eigenvalue weighted by molar-refractivity contribution is 5.95. The minimum atomic E-state index is -0.914. The lowest BCUT2D eigenvalue weighted by molar-refractivity contribution is -0.172. The van der Waals surface area contributed by atoms with Crippen molar-refractivity contribution < 1.29 is 23.4 Å². The fourth-order valence-corrected chi connectivity index (χ4v) is 2.96. The van der Waals surface area contributed by atoms with Crippen molar-refractivity contribution in [3.63, 3.8) is 0 Å². The minimum Gasteiger partial charge on any atom is -0.394 e. The average molecular weight is 313 g/mol. The van der Waals surface area contributed by atoms with Gasteiger partial charge < -0.3 is 15.2 Å². The minimum absolute atomic E-state index is 0.109. The molecule has 0 heterocycles. The van der Waals surface area contributed by atoms with Gasteiger partial charge in [0.15, 0.2) is 0 Å². The van der Waals surface area contributed by atoms with Gasteiger partial charge in [-0.3, -0.25) is 4.79 Å². The van der Waals surface area contributed by atoms with Crippen molar-refractivity contribution in [3.8, 4) is 0 Å². The molecule has 2 atom stereocenters. The summed E-state index contributed by atoms with van der Waals surface area (Å²) in [4.78, 5) is 12.3. The zero-order valence-corrected chi connectivity index (χ0v) is 13.0. The number of aliphatic hydroxyl groups excluding tert-OH is 1. The molecule has 1 aromatic carbocycles. The van der Waals surface area contributed by atoms with Crippen molar-refractivity contribution in [3.05, 3.63) is 35.4 Å². The molecule has 1 aliphatic carbocycles. The molecule has 6 heteroatoms. The van der Waals surface area contributed by atoms with Gasteiger partial charge in [0.1, 0.15) is 11.6 Å². The Morgan fingerprint density at radius 1 is 1.45 bits per heavy atom. The van der Waals surface area contributed by atoms with Crippen LogP contribution >= 0.6 is 0 Å². The Hall–Kier alpha value is -1.53. The highest BCUT2D eigenvalue weighted by atomic mass is 19.1. The van der Waals surface area contributed by atoms with Crippen LogP contribution in [0.15, 0.2) is 18.2 Å². The molecule has 1 aliphatic rings. The predicted octanol–water partition coefficient (Wildman–Crippen LogP) is 2.26. The summed E-state index contributed by atoms with van der Waals surface area (Å²) in [5.74, 6) is -2.23. The molecule has 1 fully saturated rings. The van der Waals surface area contributed by atoms with Crippen molar-refractivity contribution >= 4 is 5.91 Å². The van der Waals surface area contributed by atoms with Gasteiger partial charge in [0.25, 0.3) is 5.91 Å². The number of amides is 1. The molecular formula is C16H21F2NO3. The number of halogens is 2. The van der Waals surface area contributed by atoms with E-state index in [0.717, 1.165) is 18.2 Å². The van der Waals surface area contributed by atoms with Crippen molar-refractivity contribution in [1.29, 1.82) is 0 Å². The Balaban J connectivity index is 2.21. The van der Waals surface area contributed by atoms with Gasteiger partial charge in [-0.25, -0.2) is 8.78 Å². The molecule has 2 N–H and O–H groups in total. The van der Waals surface area contributed by atoms with Gasteiger partial charge in [0, 0.05) is 18.4 Å². The second-order valence-electron chi connectivity index (χ2n) is 6.19. The van der Waals surface area contributed by atoms with Crippen LogP contribution in [0.2, 0.25) is 0 Å². The van der Waals surface area contributed by atoms with Crippen LogP contribution in [0.25, 0.3) is 0 Å². The van der Waals surface area contributed by atoms with Crippen LogP contribution in [0.3, 0.4) is 0 Å². The largest absolute Gasteiger partial charge is 0.394 e. The van der Waals surface area contributed by atoms with Crippen LogP contribution in [0, 0.1) is 17.0 Å². The third-order valence-electron chi connectivity index (χ3n) is 4.74. The van der Waals surface area contributed by atoms with E-state index in [0.29, 0.717) is 13.0 Å². The van der Waals surface area contributed by atoms with E-state index in [1.165, 1.54) is 0 Å². The summed E-state index contributed by atoms with van der Waals surface area (Å²) in [6.45, 7) is 5.84. The van der Waals surface area contributed by atoms with Gasteiger partial charge in [0.05, 0.1) is 23.8 Å². The van der Waals surface area contributed by atoms with Gasteiger partial charge in [-0.2, -0.15) is 0 Å². The van der Waals surface area contributed by atoms with Crippen LogP contribution in [-0.2, 0) is 4.74 Å². The van der Waals surface area contributed by atoms with E-state index >= 15 is 0 Å². The summed E-state index contributed by atoms with van der Waals surface area (Å²) in [7, 11) is 0. The highest BCUT2D eigenvalue weighted by Gasteiger charge is 2.61. The van der Waals surface area contributed by atoms with Crippen molar-refractivity contribution in [2.24, 2.45) is 5.41 Å². The maximum atomic E-state index is 13.7. The normalized spacial score (nSPS) is 26.4. The third-order valence-corrected chi connectivity index (χ3v) is 4.74. The number of hydrogen-bond donors (Lipinski definition) is 2. The summed E-state index contributed by atoms with van der Waals surface area (Å²) >= 11 is 0. The number of rotatable bonds is 5. The Kier molecular flexibility index (Phi) is 4.54. The predicted molar refractivity (Wildman–Crippen MR) is 77.5 cm³/mol. The Bertz CT molecular complexity index is 577. The lowest BCUT2D eigenvalue weighted by Crippen LogP contribution is -2.74. The first kappa shape index (κ1) is 16.8. The quantitative estimate of drug-likeness (QED) is 0.876. The van der Waals surface area contributed by atoms with E-state index in [4.69, 9.17) is 4.74 Å². The van der Waals surface area contributed by atoms with Crippen molar-refractivity contribution in [2.75, 3.05) is 13.2 Å². The van der Waals surface area contributed by atoms with Gasteiger partial charge >= 0.3 is 0 Å². The zero-order chi connectivity index (χ0) is 16.5.